The molecule has 90 valence electrons. The van der Waals surface area contributed by atoms with Crippen LogP contribution in [-0.4, -0.2) is 12.2 Å². The van der Waals surface area contributed by atoms with Gasteiger partial charge in [-0.05, 0) is 24.5 Å². The highest BCUT2D eigenvalue weighted by molar-refractivity contribution is 7.98. The molecule has 3 atom stereocenters. The van der Waals surface area contributed by atoms with Crippen molar-refractivity contribution in [3.63, 3.8) is 0 Å². The molecule has 3 nitrogen and oxygen atoms in total. The average molecular weight is 250 g/mol. The van der Waals surface area contributed by atoms with Gasteiger partial charge in [0.2, 0.25) is 0 Å². The zero-order chi connectivity index (χ0) is 11.7. The molecule has 1 saturated heterocycles. The first kappa shape index (κ1) is 11.1. The molecule has 0 amide bonds. The van der Waals surface area contributed by atoms with Crippen molar-refractivity contribution in [2.45, 2.75) is 25.6 Å². The Bertz CT molecular complexity index is 418. The molecule has 0 aromatic heterocycles. The minimum absolute atomic E-state index is 0.239. The largest absolute Gasteiger partial charge is 0.364 e. The summed E-state index contributed by atoms with van der Waals surface area (Å²) in [6.45, 7) is 2.21. The van der Waals surface area contributed by atoms with Gasteiger partial charge in [0.25, 0.3) is 0 Å². The van der Waals surface area contributed by atoms with E-state index in [1.807, 2.05) is 30.3 Å². The van der Waals surface area contributed by atoms with E-state index in [1.165, 1.54) is 12.0 Å². The number of fused-ring (bicyclic) bond motifs is 1. The van der Waals surface area contributed by atoms with Crippen LogP contribution in [0.25, 0.3) is 0 Å². The van der Waals surface area contributed by atoms with E-state index in [0.29, 0.717) is 17.8 Å². The van der Waals surface area contributed by atoms with E-state index in [9.17, 15) is 0 Å². The highest BCUT2D eigenvalue weighted by Crippen LogP contribution is 2.45. The lowest BCUT2D eigenvalue weighted by Gasteiger charge is -2.12. The number of allylic oxidation sites excluding steroid dienone is 1. The van der Waals surface area contributed by atoms with E-state index in [2.05, 4.69) is 13.0 Å². The molecule has 1 aromatic rings. The third-order valence-electron chi connectivity index (χ3n) is 3.06. The second-order valence-electron chi connectivity index (χ2n) is 4.39. The van der Waals surface area contributed by atoms with E-state index >= 15 is 0 Å². The number of benzene rings is 1. The van der Waals surface area contributed by atoms with Gasteiger partial charge >= 0.3 is 0 Å². The van der Waals surface area contributed by atoms with Crippen LogP contribution in [0.4, 0.5) is 0 Å². The smallest absolute Gasteiger partial charge is 0.166 e. The quantitative estimate of drug-likeness (QED) is 0.355. The van der Waals surface area contributed by atoms with Gasteiger partial charge in [-0.15, -0.1) is 4.33 Å². The zero-order valence-electron chi connectivity index (χ0n) is 9.54. The van der Waals surface area contributed by atoms with Gasteiger partial charge in [-0.25, -0.2) is 0 Å². The Morgan fingerprint density at radius 3 is 2.94 bits per heavy atom. The molecule has 4 heteroatoms. The molecule has 17 heavy (non-hydrogen) atoms. The number of ether oxygens (including phenoxy) is 1. The summed E-state index contributed by atoms with van der Waals surface area (Å²) < 4.78 is 10.7. The van der Waals surface area contributed by atoms with Crippen molar-refractivity contribution < 1.29 is 14.0 Å². The fourth-order valence-electron chi connectivity index (χ4n) is 1.99. The van der Waals surface area contributed by atoms with Crippen LogP contribution >= 0.6 is 12.0 Å². The molecule has 3 rings (SSSR count). The molecule has 1 aliphatic carbocycles. The lowest BCUT2D eigenvalue weighted by atomic mass is 9.96. The summed E-state index contributed by atoms with van der Waals surface area (Å²) >= 11 is 1.26. The lowest BCUT2D eigenvalue weighted by Crippen LogP contribution is -2.11. The highest BCUT2D eigenvalue weighted by Gasteiger charge is 2.48. The first-order chi connectivity index (χ1) is 8.34. The van der Waals surface area contributed by atoms with Gasteiger partial charge in [0.1, 0.15) is 6.10 Å². The third kappa shape index (κ3) is 2.49. The van der Waals surface area contributed by atoms with E-state index in [0.717, 1.165) is 11.3 Å². The summed E-state index contributed by atoms with van der Waals surface area (Å²) in [5.74, 6) is 1.33. The molecule has 1 heterocycles. The minimum Gasteiger partial charge on any atom is -0.364 e. The normalized spacial score (nSPS) is 30.4. The molecule has 0 radical (unpaired) electrons. The molecule has 0 N–H and O–H groups in total. The van der Waals surface area contributed by atoms with E-state index < -0.39 is 0 Å². The highest BCUT2D eigenvalue weighted by atomic mass is 32.2. The average Bonchev–Trinajstić information content (AvgIpc) is 3.15. The molecule has 1 fully saturated rings. The molecule has 0 saturated carbocycles. The summed E-state index contributed by atoms with van der Waals surface area (Å²) in [5, 5.41) is 0. The van der Waals surface area contributed by atoms with Crippen molar-refractivity contribution in [2.75, 3.05) is 0 Å². The molecule has 0 spiro atoms. The molecular weight excluding hydrogens is 236 g/mol. The Hall–Kier alpha value is -0.970. The number of para-hydroxylation sites is 1. The van der Waals surface area contributed by atoms with Crippen LogP contribution in [0.3, 0.4) is 0 Å². The first-order valence-corrected chi connectivity index (χ1v) is 6.50. The van der Waals surface area contributed by atoms with Crippen LogP contribution in [0.5, 0.6) is 5.75 Å². The Labute approximate surface area is 105 Å². The van der Waals surface area contributed by atoms with Crippen LogP contribution in [0, 0.1) is 5.92 Å². The van der Waals surface area contributed by atoms with Crippen LogP contribution in [0.2, 0.25) is 0 Å². The van der Waals surface area contributed by atoms with Crippen LogP contribution in [-0.2, 0) is 9.07 Å². The lowest BCUT2D eigenvalue weighted by molar-refractivity contribution is -0.0770. The number of epoxide rings is 1. The van der Waals surface area contributed by atoms with Crippen LogP contribution < -0.4 is 4.89 Å². The summed E-state index contributed by atoms with van der Waals surface area (Å²) in [7, 11) is 0. The molecule has 0 bridgehead atoms. The fourth-order valence-corrected chi connectivity index (χ4v) is 2.63. The van der Waals surface area contributed by atoms with Gasteiger partial charge in [0.15, 0.2) is 5.75 Å². The Kier molecular flexibility index (Phi) is 3.09. The van der Waals surface area contributed by atoms with Gasteiger partial charge in [-0.2, -0.15) is 0 Å². The summed E-state index contributed by atoms with van der Waals surface area (Å²) in [5.41, 5.74) is 0. The maximum Gasteiger partial charge on any atom is 0.166 e. The minimum atomic E-state index is 0.239. The van der Waals surface area contributed by atoms with Crippen molar-refractivity contribution in [2.24, 2.45) is 5.92 Å². The van der Waals surface area contributed by atoms with Crippen molar-refractivity contribution in [3.8, 4) is 5.75 Å². The van der Waals surface area contributed by atoms with E-state index in [4.69, 9.17) is 14.0 Å². The van der Waals surface area contributed by atoms with Gasteiger partial charge in [-0.3, -0.25) is 0 Å². The fraction of sp³-hybridized carbons (Fsp3) is 0.385. The van der Waals surface area contributed by atoms with Gasteiger partial charge in [-0.1, -0.05) is 31.2 Å². The maximum absolute atomic E-state index is 5.58. The number of rotatable bonds is 4. The third-order valence-corrected chi connectivity index (χ3v) is 3.79. The zero-order valence-corrected chi connectivity index (χ0v) is 10.4. The Balaban J connectivity index is 1.49. The second kappa shape index (κ2) is 4.72. The Morgan fingerprint density at radius 2 is 2.12 bits per heavy atom. The predicted molar refractivity (Wildman–Crippen MR) is 66.3 cm³/mol. The van der Waals surface area contributed by atoms with Crippen LogP contribution in [0.1, 0.15) is 13.3 Å². The predicted octanol–water partition coefficient (Wildman–Crippen LogP) is 3.34. The SMILES string of the molecule is C[C@H]1CC=C(SOOc2ccccc2)[C@H]2O[C@H]21. The van der Waals surface area contributed by atoms with Gasteiger partial charge < -0.3 is 9.62 Å². The van der Waals surface area contributed by atoms with Crippen molar-refractivity contribution in [1.82, 2.24) is 0 Å². The molecular formula is C13H14O3S. The van der Waals surface area contributed by atoms with Crippen molar-refractivity contribution in [1.29, 1.82) is 0 Å². The summed E-state index contributed by atoms with van der Waals surface area (Å²) in [6.07, 6.45) is 3.86. The molecule has 0 unspecified atom stereocenters. The van der Waals surface area contributed by atoms with Crippen LogP contribution in [0.15, 0.2) is 41.3 Å². The standard InChI is InChI=1S/C13H14O3S/c1-9-7-8-11(13-12(9)14-13)17-16-15-10-5-3-2-4-6-10/h2-6,8-9,12-13H,7H2,1H3/t9-,12-,13+/m0/s1. The summed E-state index contributed by atoms with van der Waals surface area (Å²) in [4.78, 5) is 6.30. The monoisotopic (exact) mass is 250 g/mol. The van der Waals surface area contributed by atoms with Crippen molar-refractivity contribution in [3.05, 3.63) is 41.3 Å². The van der Waals surface area contributed by atoms with E-state index in [-0.39, 0.29) is 6.10 Å². The second-order valence-corrected chi connectivity index (χ2v) is 5.16. The molecule has 2 aliphatic rings. The van der Waals surface area contributed by atoms with Crippen molar-refractivity contribution >= 4 is 12.0 Å². The Morgan fingerprint density at radius 1 is 1.29 bits per heavy atom. The van der Waals surface area contributed by atoms with Gasteiger partial charge in [0.05, 0.1) is 18.1 Å². The maximum atomic E-state index is 5.58. The molecule has 1 aliphatic heterocycles. The number of hydrogen-bond acceptors (Lipinski definition) is 4. The van der Waals surface area contributed by atoms with E-state index in [1.54, 1.807) is 0 Å². The summed E-state index contributed by atoms with van der Waals surface area (Å²) in [6, 6.07) is 9.46. The first-order valence-electron chi connectivity index (χ1n) is 5.76. The molecule has 1 aromatic carbocycles. The number of hydrogen-bond donors (Lipinski definition) is 0. The van der Waals surface area contributed by atoms with Gasteiger partial charge in [0, 0.05) is 4.91 Å². The topological polar surface area (TPSA) is 31.0 Å².